The summed E-state index contributed by atoms with van der Waals surface area (Å²) in [6, 6.07) is 20.7. The lowest BCUT2D eigenvalue weighted by Crippen LogP contribution is -2.52. The van der Waals surface area contributed by atoms with Crippen molar-refractivity contribution in [2.24, 2.45) is 0 Å². The molecule has 0 saturated heterocycles. The van der Waals surface area contributed by atoms with Gasteiger partial charge in [0, 0.05) is 23.7 Å². The van der Waals surface area contributed by atoms with Gasteiger partial charge in [-0.15, -0.1) is 0 Å². The summed E-state index contributed by atoms with van der Waals surface area (Å²) in [6.45, 7) is 1.16. The largest absolute Gasteiger partial charge is 0.497 e. The van der Waals surface area contributed by atoms with Crippen LogP contribution in [0.5, 0.6) is 5.75 Å². The van der Waals surface area contributed by atoms with E-state index in [2.05, 4.69) is 5.32 Å². The summed E-state index contributed by atoms with van der Waals surface area (Å²) in [5.41, 5.74) is 0.911. The Morgan fingerprint density at radius 2 is 1.68 bits per heavy atom. The average molecular weight is 584 g/mol. The number of nitrogens with zero attached hydrogens (tertiary/aromatic N) is 2. The maximum Gasteiger partial charge on any atom is 0.264 e. The van der Waals surface area contributed by atoms with Crippen LogP contribution < -0.4 is 14.4 Å². The van der Waals surface area contributed by atoms with Crippen LogP contribution in [0.25, 0.3) is 0 Å². The standard InChI is InChI=1S/C30H34ClN3O5S/c1-22(30(36)32-24-12-7-8-13-24)33(20-23-11-6-9-18-28(23)31)29(35)21-34(25-14-10-15-26(19-25)39-2)40(37,38)27-16-4-3-5-17-27/h3-6,9-11,14-19,22,24H,7-8,12-13,20-21H2,1-2H3,(H,32,36)/t22-/m1/s1. The van der Waals surface area contributed by atoms with Gasteiger partial charge in [-0.1, -0.05) is 66.9 Å². The third-order valence-corrected chi connectivity index (χ3v) is 9.28. The minimum Gasteiger partial charge on any atom is -0.497 e. The van der Waals surface area contributed by atoms with Gasteiger partial charge in [-0.3, -0.25) is 13.9 Å². The zero-order valence-electron chi connectivity index (χ0n) is 22.6. The molecule has 3 aromatic rings. The highest BCUT2D eigenvalue weighted by atomic mass is 35.5. The maximum absolute atomic E-state index is 14.0. The van der Waals surface area contributed by atoms with E-state index in [4.69, 9.17) is 16.3 Å². The number of hydrogen-bond acceptors (Lipinski definition) is 5. The topological polar surface area (TPSA) is 96.0 Å². The lowest BCUT2D eigenvalue weighted by molar-refractivity contribution is -0.139. The van der Waals surface area contributed by atoms with Gasteiger partial charge in [0.25, 0.3) is 10.0 Å². The van der Waals surface area contributed by atoms with Crippen molar-refractivity contribution in [1.82, 2.24) is 10.2 Å². The summed E-state index contributed by atoms with van der Waals surface area (Å²) in [5.74, 6) is -0.391. The van der Waals surface area contributed by atoms with Gasteiger partial charge in [0.2, 0.25) is 11.8 Å². The molecule has 1 aliphatic carbocycles. The number of nitrogens with one attached hydrogen (secondary N) is 1. The van der Waals surface area contributed by atoms with E-state index < -0.39 is 28.5 Å². The van der Waals surface area contributed by atoms with E-state index in [1.54, 1.807) is 73.7 Å². The van der Waals surface area contributed by atoms with Crippen molar-refractivity contribution in [3.8, 4) is 5.75 Å². The molecule has 1 atom stereocenters. The maximum atomic E-state index is 14.0. The van der Waals surface area contributed by atoms with Gasteiger partial charge in [-0.05, 0) is 55.7 Å². The second-order valence-corrected chi connectivity index (χ2v) is 12.1. The van der Waals surface area contributed by atoms with E-state index in [1.807, 2.05) is 0 Å². The molecule has 1 N–H and O–H groups in total. The molecule has 212 valence electrons. The number of hydrogen-bond donors (Lipinski definition) is 1. The van der Waals surface area contributed by atoms with Gasteiger partial charge in [0.1, 0.15) is 18.3 Å². The van der Waals surface area contributed by atoms with Gasteiger partial charge in [0.05, 0.1) is 17.7 Å². The molecular weight excluding hydrogens is 550 g/mol. The quantitative estimate of drug-likeness (QED) is 0.342. The molecule has 1 aliphatic rings. The number of carbonyl (C=O) groups excluding carboxylic acids is 2. The summed E-state index contributed by atoms with van der Waals surface area (Å²) < 4.78 is 34.1. The van der Waals surface area contributed by atoms with E-state index in [0.29, 0.717) is 16.3 Å². The molecule has 0 aliphatic heterocycles. The second kappa shape index (κ2) is 13.2. The number of carbonyl (C=O) groups is 2. The Bertz CT molecular complexity index is 1430. The average Bonchev–Trinajstić information content (AvgIpc) is 3.48. The molecular formula is C30H34ClN3O5S. The highest BCUT2D eigenvalue weighted by Gasteiger charge is 2.33. The van der Waals surface area contributed by atoms with Crippen molar-refractivity contribution in [3.05, 3.63) is 89.4 Å². The second-order valence-electron chi connectivity index (χ2n) is 9.81. The van der Waals surface area contributed by atoms with Crippen LogP contribution in [0.15, 0.2) is 83.8 Å². The normalized spacial score (nSPS) is 14.4. The first-order valence-electron chi connectivity index (χ1n) is 13.3. The van der Waals surface area contributed by atoms with E-state index >= 15 is 0 Å². The van der Waals surface area contributed by atoms with Crippen molar-refractivity contribution in [2.75, 3.05) is 18.0 Å². The monoisotopic (exact) mass is 583 g/mol. The fraction of sp³-hybridized carbons (Fsp3) is 0.333. The number of methoxy groups -OCH3 is 1. The third-order valence-electron chi connectivity index (χ3n) is 7.12. The molecule has 0 radical (unpaired) electrons. The Kier molecular flexibility index (Phi) is 9.71. The first-order valence-corrected chi connectivity index (χ1v) is 15.1. The van der Waals surface area contributed by atoms with Crippen LogP contribution >= 0.6 is 11.6 Å². The predicted octanol–water partition coefficient (Wildman–Crippen LogP) is 5.02. The number of rotatable bonds is 11. The Labute approximate surface area is 240 Å². The van der Waals surface area contributed by atoms with Crippen LogP contribution in [-0.4, -0.2) is 50.9 Å². The molecule has 0 aromatic heterocycles. The molecule has 0 spiro atoms. The number of sulfonamides is 1. The van der Waals surface area contributed by atoms with Gasteiger partial charge >= 0.3 is 0 Å². The number of benzene rings is 3. The summed E-state index contributed by atoms with van der Waals surface area (Å²) >= 11 is 6.42. The van der Waals surface area contributed by atoms with Gasteiger partial charge in [-0.2, -0.15) is 0 Å². The molecule has 10 heteroatoms. The molecule has 1 fully saturated rings. The van der Waals surface area contributed by atoms with Crippen LogP contribution in [0.4, 0.5) is 5.69 Å². The summed E-state index contributed by atoms with van der Waals surface area (Å²) in [5, 5.41) is 3.51. The van der Waals surface area contributed by atoms with Crippen LogP contribution in [0.3, 0.4) is 0 Å². The molecule has 3 aromatic carbocycles. The molecule has 0 unspecified atom stereocenters. The van der Waals surface area contributed by atoms with Crippen molar-refractivity contribution >= 4 is 39.1 Å². The molecule has 4 rings (SSSR count). The minimum absolute atomic E-state index is 0.0368. The lowest BCUT2D eigenvalue weighted by atomic mass is 10.1. The smallest absolute Gasteiger partial charge is 0.264 e. The number of ether oxygens (including phenoxy) is 1. The SMILES string of the molecule is COc1cccc(N(CC(=O)N(Cc2ccccc2Cl)[C@H](C)C(=O)NC2CCCC2)S(=O)(=O)c2ccccc2)c1. The Balaban J connectivity index is 1.70. The molecule has 1 saturated carbocycles. The van der Waals surface area contributed by atoms with Gasteiger partial charge in [0.15, 0.2) is 0 Å². The summed E-state index contributed by atoms with van der Waals surface area (Å²) in [6.07, 6.45) is 3.90. The van der Waals surface area contributed by atoms with Crippen molar-refractivity contribution in [1.29, 1.82) is 0 Å². The number of amides is 2. The zero-order chi connectivity index (χ0) is 28.7. The Morgan fingerprint density at radius 3 is 2.35 bits per heavy atom. The summed E-state index contributed by atoms with van der Waals surface area (Å²) in [4.78, 5) is 28.7. The van der Waals surface area contributed by atoms with E-state index in [0.717, 1.165) is 30.0 Å². The third kappa shape index (κ3) is 6.95. The highest BCUT2D eigenvalue weighted by Crippen LogP contribution is 2.28. The fourth-order valence-corrected chi connectivity index (χ4v) is 6.42. The van der Waals surface area contributed by atoms with Crippen LogP contribution in [0.1, 0.15) is 38.2 Å². The van der Waals surface area contributed by atoms with Gasteiger partial charge < -0.3 is 15.0 Å². The fourth-order valence-electron chi connectivity index (χ4n) is 4.80. The van der Waals surface area contributed by atoms with Gasteiger partial charge in [-0.25, -0.2) is 8.42 Å². The van der Waals surface area contributed by atoms with E-state index in [1.165, 1.54) is 24.1 Å². The Morgan fingerprint density at radius 1 is 1.00 bits per heavy atom. The predicted molar refractivity (Wildman–Crippen MR) is 156 cm³/mol. The number of halogens is 1. The highest BCUT2D eigenvalue weighted by molar-refractivity contribution is 7.92. The minimum atomic E-state index is -4.15. The van der Waals surface area contributed by atoms with E-state index in [-0.39, 0.29) is 29.1 Å². The molecule has 0 bridgehead atoms. The Hall–Kier alpha value is -3.56. The zero-order valence-corrected chi connectivity index (χ0v) is 24.2. The lowest BCUT2D eigenvalue weighted by Gasteiger charge is -2.32. The van der Waals surface area contributed by atoms with Crippen LogP contribution in [0, 0.1) is 0 Å². The summed E-state index contributed by atoms with van der Waals surface area (Å²) in [7, 11) is -2.67. The van der Waals surface area contributed by atoms with Crippen LogP contribution in [0.2, 0.25) is 5.02 Å². The molecule has 0 heterocycles. The molecule has 2 amide bonds. The van der Waals surface area contributed by atoms with Crippen molar-refractivity contribution < 1.29 is 22.7 Å². The van der Waals surface area contributed by atoms with Crippen LogP contribution in [-0.2, 0) is 26.2 Å². The van der Waals surface area contributed by atoms with Crippen molar-refractivity contribution in [2.45, 2.75) is 56.1 Å². The van der Waals surface area contributed by atoms with Crippen molar-refractivity contribution in [3.63, 3.8) is 0 Å². The number of anilines is 1. The molecule has 40 heavy (non-hydrogen) atoms. The molecule has 8 nitrogen and oxygen atoms in total. The van der Waals surface area contributed by atoms with E-state index in [9.17, 15) is 18.0 Å². The first kappa shape index (κ1) is 29.4. The first-order chi connectivity index (χ1) is 19.2.